The average Bonchev–Trinajstić information content (AvgIpc) is 3.31. The van der Waals surface area contributed by atoms with Crippen molar-refractivity contribution in [2.75, 3.05) is 5.32 Å². The molecule has 0 atom stereocenters. The molecule has 0 bridgehead atoms. The van der Waals surface area contributed by atoms with Gasteiger partial charge in [0.1, 0.15) is 5.75 Å². The Morgan fingerprint density at radius 1 is 1.27 bits per heavy atom. The van der Waals surface area contributed by atoms with Crippen molar-refractivity contribution in [3.8, 4) is 16.5 Å². The van der Waals surface area contributed by atoms with Gasteiger partial charge >= 0.3 is 0 Å². The molecule has 0 saturated heterocycles. The number of rotatable bonds is 6. The van der Waals surface area contributed by atoms with Gasteiger partial charge in [-0.15, -0.1) is 11.3 Å². The van der Waals surface area contributed by atoms with Crippen LogP contribution in [0.2, 0.25) is 0 Å². The standard InChI is InChI=1S/C18H15N5O2S/c1-2-25-14-7-4-3-6-13(14)19-11-12-10-16(24)23-18(20-12)21-17(22-23)15-8-5-9-26-15/h2-10,19H,1,11H2,(H,20,21,22). The van der Waals surface area contributed by atoms with Gasteiger partial charge in [-0.05, 0) is 23.6 Å². The Bertz CT molecular complexity index is 1110. The van der Waals surface area contributed by atoms with E-state index in [9.17, 15) is 4.79 Å². The lowest BCUT2D eigenvalue weighted by Crippen LogP contribution is -2.17. The van der Waals surface area contributed by atoms with Gasteiger partial charge in [0.2, 0.25) is 0 Å². The van der Waals surface area contributed by atoms with E-state index in [0.717, 1.165) is 10.6 Å². The minimum absolute atomic E-state index is 0.210. The number of fused-ring (bicyclic) bond motifs is 1. The van der Waals surface area contributed by atoms with E-state index in [1.54, 1.807) is 11.3 Å². The number of thiophene rings is 1. The number of nitrogens with one attached hydrogen (secondary N) is 2. The smallest absolute Gasteiger partial charge is 0.274 e. The molecule has 0 aliphatic heterocycles. The summed E-state index contributed by atoms with van der Waals surface area (Å²) >= 11 is 1.54. The van der Waals surface area contributed by atoms with Crippen LogP contribution in [-0.2, 0) is 6.54 Å². The molecule has 4 aromatic rings. The summed E-state index contributed by atoms with van der Waals surface area (Å²) in [6, 6.07) is 12.8. The lowest BCUT2D eigenvalue weighted by Gasteiger charge is -2.10. The second-order valence-corrected chi connectivity index (χ2v) is 6.35. The van der Waals surface area contributed by atoms with Crippen molar-refractivity contribution in [2.45, 2.75) is 6.54 Å². The Hall–Kier alpha value is -3.39. The highest BCUT2D eigenvalue weighted by molar-refractivity contribution is 7.13. The average molecular weight is 365 g/mol. The van der Waals surface area contributed by atoms with Crippen molar-refractivity contribution < 1.29 is 4.74 Å². The van der Waals surface area contributed by atoms with Gasteiger partial charge in [-0.1, -0.05) is 24.8 Å². The summed E-state index contributed by atoms with van der Waals surface area (Å²) in [4.78, 5) is 22.2. The van der Waals surface area contributed by atoms with E-state index in [-0.39, 0.29) is 5.56 Å². The molecule has 130 valence electrons. The molecule has 1 aromatic carbocycles. The Morgan fingerprint density at radius 2 is 2.15 bits per heavy atom. The summed E-state index contributed by atoms with van der Waals surface area (Å²) in [5, 5.41) is 8.16. The molecule has 0 saturated carbocycles. The fourth-order valence-corrected chi connectivity index (χ4v) is 3.20. The van der Waals surface area contributed by atoms with E-state index >= 15 is 0 Å². The lowest BCUT2D eigenvalue weighted by atomic mass is 10.3. The Labute approximate surface area is 152 Å². The predicted molar refractivity (Wildman–Crippen MR) is 102 cm³/mol. The van der Waals surface area contributed by atoms with Crippen LogP contribution < -0.4 is 15.6 Å². The summed E-state index contributed by atoms with van der Waals surface area (Å²) in [6.45, 7) is 3.93. The predicted octanol–water partition coefficient (Wildman–Crippen LogP) is 3.28. The van der Waals surface area contributed by atoms with Crippen molar-refractivity contribution in [2.24, 2.45) is 0 Å². The molecule has 3 aromatic heterocycles. The van der Waals surface area contributed by atoms with Crippen LogP contribution in [0.3, 0.4) is 0 Å². The van der Waals surface area contributed by atoms with Crippen LogP contribution >= 0.6 is 11.3 Å². The third kappa shape index (κ3) is 3.09. The molecular formula is C18H15N5O2S. The number of nitrogens with zero attached hydrogens (tertiary/aromatic N) is 3. The summed E-state index contributed by atoms with van der Waals surface area (Å²) < 4.78 is 6.70. The molecule has 2 N–H and O–H groups in total. The van der Waals surface area contributed by atoms with Gasteiger partial charge < -0.3 is 10.1 Å². The van der Waals surface area contributed by atoms with Gasteiger partial charge in [-0.2, -0.15) is 9.50 Å². The Morgan fingerprint density at radius 3 is 2.96 bits per heavy atom. The van der Waals surface area contributed by atoms with Crippen molar-refractivity contribution in [3.63, 3.8) is 0 Å². The number of benzene rings is 1. The molecule has 0 fully saturated rings. The van der Waals surface area contributed by atoms with Crippen molar-refractivity contribution >= 4 is 22.8 Å². The second kappa shape index (κ2) is 6.85. The number of aromatic nitrogens is 4. The largest absolute Gasteiger partial charge is 0.463 e. The monoisotopic (exact) mass is 365 g/mol. The molecule has 3 heterocycles. The highest BCUT2D eigenvalue weighted by Gasteiger charge is 2.10. The zero-order valence-corrected chi connectivity index (χ0v) is 14.5. The molecule has 8 heteroatoms. The highest BCUT2D eigenvalue weighted by atomic mass is 32.1. The molecule has 0 amide bonds. The van der Waals surface area contributed by atoms with Gasteiger partial charge in [0.25, 0.3) is 11.3 Å². The van der Waals surface area contributed by atoms with Crippen molar-refractivity contribution in [1.82, 2.24) is 19.6 Å². The summed E-state index contributed by atoms with van der Waals surface area (Å²) in [5.41, 5.74) is 1.17. The van der Waals surface area contributed by atoms with Gasteiger partial charge in [0, 0.05) is 6.07 Å². The summed E-state index contributed by atoms with van der Waals surface area (Å²) in [7, 11) is 0. The first-order valence-electron chi connectivity index (χ1n) is 7.87. The SMILES string of the molecule is C=COc1ccccc1NCc1cc(=O)n2[nH]c(-c3cccs3)nc2n1. The van der Waals surface area contributed by atoms with Crippen molar-refractivity contribution in [1.29, 1.82) is 0 Å². The minimum atomic E-state index is -0.210. The first-order valence-corrected chi connectivity index (χ1v) is 8.75. The first-order chi connectivity index (χ1) is 12.7. The molecule has 4 rings (SSSR count). The number of anilines is 1. The molecule has 0 radical (unpaired) electrons. The third-order valence-electron chi connectivity index (χ3n) is 3.70. The molecule has 0 unspecified atom stereocenters. The van der Waals surface area contributed by atoms with Crippen LogP contribution in [0, 0.1) is 0 Å². The second-order valence-electron chi connectivity index (χ2n) is 5.40. The van der Waals surface area contributed by atoms with Crippen LogP contribution in [0.1, 0.15) is 5.69 Å². The van der Waals surface area contributed by atoms with Gasteiger partial charge in [0.05, 0.1) is 29.1 Å². The normalized spacial score (nSPS) is 10.8. The van der Waals surface area contributed by atoms with Gasteiger partial charge in [0.15, 0.2) is 5.82 Å². The zero-order chi connectivity index (χ0) is 17.9. The number of para-hydroxylation sites is 2. The Kier molecular flexibility index (Phi) is 4.24. The molecule has 0 aliphatic carbocycles. The maximum Gasteiger partial charge on any atom is 0.274 e. The van der Waals surface area contributed by atoms with E-state index in [0.29, 0.717) is 29.6 Å². The van der Waals surface area contributed by atoms with Crippen LogP contribution in [0.5, 0.6) is 5.75 Å². The third-order valence-corrected chi connectivity index (χ3v) is 4.57. The number of hydrogen-bond donors (Lipinski definition) is 2. The fourth-order valence-electron chi connectivity index (χ4n) is 2.53. The molecule has 26 heavy (non-hydrogen) atoms. The summed E-state index contributed by atoms with van der Waals surface area (Å²) in [5.74, 6) is 1.62. The molecule has 0 spiro atoms. The number of hydrogen-bond acceptors (Lipinski definition) is 6. The zero-order valence-electron chi connectivity index (χ0n) is 13.7. The Balaban J connectivity index is 1.61. The van der Waals surface area contributed by atoms with Crippen LogP contribution in [0.25, 0.3) is 16.5 Å². The first kappa shape index (κ1) is 16.1. The van der Waals surface area contributed by atoms with E-state index in [1.165, 1.54) is 16.8 Å². The van der Waals surface area contributed by atoms with E-state index in [2.05, 4.69) is 27.0 Å². The fraction of sp³-hybridized carbons (Fsp3) is 0.0556. The number of ether oxygens (including phenoxy) is 1. The van der Waals surface area contributed by atoms with Gasteiger partial charge in [-0.3, -0.25) is 9.89 Å². The van der Waals surface area contributed by atoms with Crippen LogP contribution in [-0.4, -0.2) is 19.6 Å². The molecular weight excluding hydrogens is 350 g/mol. The van der Waals surface area contributed by atoms with E-state index < -0.39 is 0 Å². The summed E-state index contributed by atoms with van der Waals surface area (Å²) in [6.07, 6.45) is 1.37. The quantitative estimate of drug-likeness (QED) is 0.512. The van der Waals surface area contributed by atoms with Crippen molar-refractivity contribution in [3.05, 3.63) is 76.7 Å². The minimum Gasteiger partial charge on any atom is -0.463 e. The molecule has 0 aliphatic rings. The number of H-pyrrole nitrogens is 1. The maximum absolute atomic E-state index is 12.4. The van der Waals surface area contributed by atoms with Gasteiger partial charge in [-0.25, -0.2) is 4.98 Å². The van der Waals surface area contributed by atoms with E-state index in [1.807, 2.05) is 41.8 Å². The highest BCUT2D eigenvalue weighted by Crippen LogP contribution is 2.24. The number of aromatic amines is 1. The topological polar surface area (TPSA) is 84.3 Å². The van der Waals surface area contributed by atoms with E-state index in [4.69, 9.17) is 4.74 Å². The lowest BCUT2D eigenvalue weighted by molar-refractivity contribution is 0.485. The molecule has 7 nitrogen and oxygen atoms in total. The van der Waals surface area contributed by atoms with Crippen LogP contribution in [0.15, 0.2) is 65.5 Å². The maximum atomic E-state index is 12.4. The van der Waals surface area contributed by atoms with Crippen LogP contribution in [0.4, 0.5) is 5.69 Å².